The van der Waals surface area contributed by atoms with E-state index < -0.39 is 23.4 Å². The molecule has 2 aliphatic rings. The van der Waals surface area contributed by atoms with Crippen molar-refractivity contribution in [1.82, 2.24) is 4.90 Å². The van der Waals surface area contributed by atoms with Crippen LogP contribution in [-0.2, 0) is 37.4 Å². The van der Waals surface area contributed by atoms with Gasteiger partial charge >= 0.3 is 11.9 Å². The lowest BCUT2D eigenvalue weighted by molar-refractivity contribution is -0.189. The smallest absolute Gasteiger partial charge is 0.325 e. The van der Waals surface area contributed by atoms with Gasteiger partial charge in [0, 0.05) is 26.9 Å². The summed E-state index contributed by atoms with van der Waals surface area (Å²) in [5.41, 5.74) is 3.98. The number of rotatable bonds is 5. The SMILES string of the molecule is COC(=O)C1(C(=O)OC)CC2Cc3cc(C)ccc3C(C)(C)C2N(Cc2ccc(Br)cc2)C1c1ccc(Br)cc1. The highest BCUT2D eigenvalue weighted by molar-refractivity contribution is 9.10. The van der Waals surface area contributed by atoms with Crippen molar-refractivity contribution in [3.63, 3.8) is 0 Å². The fraction of sp³-hybridized carbons (Fsp3) is 0.394. The number of piperidine rings is 1. The Hall–Kier alpha value is -2.48. The number of nitrogens with zero attached hydrogens (tertiary/aromatic N) is 1. The standard InChI is InChI=1S/C33H35Br2NO4/c1-20-6-15-27-23(16-20)17-24-18-33(30(37)39-4,31(38)40-5)29(22-9-13-26(35)14-10-22)36(28(24)32(27,2)3)19-21-7-11-25(34)12-8-21/h6-16,24,28-29H,17-19H2,1-5H3. The van der Waals surface area contributed by atoms with E-state index in [-0.39, 0.29) is 17.4 Å². The van der Waals surface area contributed by atoms with Gasteiger partial charge in [0.15, 0.2) is 5.41 Å². The van der Waals surface area contributed by atoms with Crippen molar-refractivity contribution in [3.05, 3.63) is 103 Å². The summed E-state index contributed by atoms with van der Waals surface area (Å²) in [5.74, 6) is -1.09. The first-order valence-corrected chi connectivity index (χ1v) is 15.1. The third-order valence-electron chi connectivity index (χ3n) is 8.93. The first-order chi connectivity index (χ1) is 19.0. The molecule has 210 valence electrons. The third-order valence-corrected chi connectivity index (χ3v) is 9.98. The lowest BCUT2D eigenvalue weighted by atomic mass is 9.55. The summed E-state index contributed by atoms with van der Waals surface area (Å²) >= 11 is 7.11. The Morgan fingerprint density at radius 2 is 1.48 bits per heavy atom. The number of ether oxygens (including phenoxy) is 2. The number of hydrogen-bond donors (Lipinski definition) is 0. The molecule has 3 aromatic rings. The van der Waals surface area contributed by atoms with Crippen molar-refractivity contribution in [1.29, 1.82) is 0 Å². The quantitative estimate of drug-likeness (QED) is 0.211. The van der Waals surface area contributed by atoms with Crippen molar-refractivity contribution < 1.29 is 19.1 Å². The number of fused-ring (bicyclic) bond motifs is 2. The van der Waals surface area contributed by atoms with Gasteiger partial charge in [-0.1, -0.05) is 93.7 Å². The summed E-state index contributed by atoms with van der Waals surface area (Å²) in [6, 6.07) is 22.3. The molecule has 1 heterocycles. The van der Waals surface area contributed by atoms with Crippen LogP contribution in [0.5, 0.6) is 0 Å². The number of hydrogen-bond acceptors (Lipinski definition) is 5. The van der Waals surface area contributed by atoms with E-state index in [1.807, 2.05) is 36.4 Å². The van der Waals surface area contributed by atoms with E-state index in [1.165, 1.54) is 30.9 Å². The van der Waals surface area contributed by atoms with Crippen LogP contribution >= 0.6 is 31.9 Å². The molecule has 0 aromatic heterocycles. The minimum Gasteiger partial charge on any atom is -0.468 e. The second-order valence-electron chi connectivity index (χ2n) is 11.7. The van der Waals surface area contributed by atoms with Crippen molar-refractivity contribution in [3.8, 4) is 0 Å². The minimum absolute atomic E-state index is 0.0182. The summed E-state index contributed by atoms with van der Waals surface area (Å²) in [7, 11) is 2.72. The Labute approximate surface area is 253 Å². The van der Waals surface area contributed by atoms with Crippen LogP contribution in [0.3, 0.4) is 0 Å². The highest BCUT2D eigenvalue weighted by Crippen LogP contribution is 2.58. The highest BCUT2D eigenvalue weighted by Gasteiger charge is 2.65. The molecular weight excluding hydrogens is 634 g/mol. The third kappa shape index (κ3) is 4.84. The number of carbonyl (C=O) groups excluding carboxylic acids is 2. The number of halogens is 2. The molecule has 7 heteroatoms. The van der Waals surface area contributed by atoms with E-state index in [2.05, 4.69) is 87.9 Å². The number of aryl methyl sites for hydroxylation is 1. The fourth-order valence-corrected chi connectivity index (χ4v) is 7.98. The van der Waals surface area contributed by atoms with Crippen LogP contribution in [0, 0.1) is 18.3 Å². The van der Waals surface area contributed by atoms with Crippen LogP contribution < -0.4 is 0 Å². The van der Waals surface area contributed by atoms with Crippen molar-refractivity contribution >= 4 is 43.8 Å². The van der Waals surface area contributed by atoms with Crippen LogP contribution in [0.4, 0.5) is 0 Å². The molecule has 1 aliphatic carbocycles. The normalized spacial score (nSPS) is 23.0. The van der Waals surface area contributed by atoms with E-state index in [4.69, 9.17) is 9.47 Å². The van der Waals surface area contributed by atoms with E-state index in [1.54, 1.807) is 0 Å². The predicted molar refractivity (Wildman–Crippen MR) is 163 cm³/mol. The fourth-order valence-electron chi connectivity index (χ4n) is 7.45. The molecule has 3 atom stereocenters. The van der Waals surface area contributed by atoms with Crippen LogP contribution in [0.25, 0.3) is 0 Å². The van der Waals surface area contributed by atoms with E-state index >= 15 is 0 Å². The molecule has 0 saturated carbocycles. The van der Waals surface area contributed by atoms with Gasteiger partial charge in [-0.15, -0.1) is 0 Å². The lowest BCUT2D eigenvalue weighted by Gasteiger charge is -2.60. The van der Waals surface area contributed by atoms with Crippen LogP contribution in [-0.4, -0.2) is 37.1 Å². The molecule has 0 radical (unpaired) electrons. The molecule has 1 aliphatic heterocycles. The maximum Gasteiger partial charge on any atom is 0.325 e. The predicted octanol–water partition coefficient (Wildman–Crippen LogP) is 7.32. The van der Waals surface area contributed by atoms with Crippen LogP contribution in [0.15, 0.2) is 75.7 Å². The zero-order chi connectivity index (χ0) is 28.8. The number of benzene rings is 3. The Kier molecular flexibility index (Phi) is 8.03. The maximum atomic E-state index is 14.0. The van der Waals surface area contributed by atoms with Gasteiger partial charge in [0.05, 0.1) is 20.3 Å². The van der Waals surface area contributed by atoms with Gasteiger partial charge < -0.3 is 9.47 Å². The molecule has 0 N–H and O–H groups in total. The number of esters is 2. The highest BCUT2D eigenvalue weighted by atomic mass is 79.9. The molecule has 3 aromatic carbocycles. The zero-order valence-electron chi connectivity index (χ0n) is 23.5. The van der Waals surface area contributed by atoms with E-state index in [0.29, 0.717) is 13.0 Å². The molecule has 5 rings (SSSR count). The Morgan fingerprint density at radius 1 is 0.900 bits per heavy atom. The molecule has 3 unspecified atom stereocenters. The molecular formula is C33H35Br2NO4. The number of carbonyl (C=O) groups is 2. The first kappa shape index (κ1) is 29.0. The largest absolute Gasteiger partial charge is 0.468 e. The number of methoxy groups -OCH3 is 2. The van der Waals surface area contributed by atoms with Crippen molar-refractivity contribution in [2.24, 2.45) is 11.3 Å². The monoisotopic (exact) mass is 667 g/mol. The van der Waals surface area contributed by atoms with Gasteiger partial charge in [-0.05, 0) is 72.2 Å². The maximum absolute atomic E-state index is 14.0. The van der Waals surface area contributed by atoms with Gasteiger partial charge in [0.25, 0.3) is 0 Å². The Bertz CT molecular complexity index is 1400. The first-order valence-electron chi connectivity index (χ1n) is 13.6. The summed E-state index contributed by atoms with van der Waals surface area (Å²) in [6.07, 6.45) is 1.11. The lowest BCUT2D eigenvalue weighted by Crippen LogP contribution is -2.66. The topological polar surface area (TPSA) is 55.8 Å². The second-order valence-corrected chi connectivity index (χ2v) is 13.5. The van der Waals surface area contributed by atoms with Gasteiger partial charge in [0.1, 0.15) is 0 Å². The average molecular weight is 669 g/mol. The number of likely N-dealkylation sites (tertiary alicyclic amines) is 1. The molecule has 5 nitrogen and oxygen atoms in total. The van der Waals surface area contributed by atoms with Gasteiger partial charge in [-0.2, -0.15) is 0 Å². The van der Waals surface area contributed by atoms with Gasteiger partial charge in [0.2, 0.25) is 0 Å². The molecule has 0 spiro atoms. The van der Waals surface area contributed by atoms with Crippen molar-refractivity contribution in [2.75, 3.05) is 14.2 Å². The molecule has 0 bridgehead atoms. The van der Waals surface area contributed by atoms with Gasteiger partial charge in [-0.3, -0.25) is 14.5 Å². The summed E-state index contributed by atoms with van der Waals surface area (Å²) in [5, 5.41) is 0. The molecule has 0 amide bonds. The van der Waals surface area contributed by atoms with E-state index in [9.17, 15) is 9.59 Å². The zero-order valence-corrected chi connectivity index (χ0v) is 26.7. The average Bonchev–Trinajstić information content (AvgIpc) is 2.93. The summed E-state index contributed by atoms with van der Waals surface area (Å²) in [6.45, 7) is 7.26. The summed E-state index contributed by atoms with van der Waals surface area (Å²) in [4.78, 5) is 30.3. The van der Waals surface area contributed by atoms with Crippen LogP contribution in [0.2, 0.25) is 0 Å². The van der Waals surface area contributed by atoms with Gasteiger partial charge in [-0.25, -0.2) is 0 Å². The Morgan fingerprint density at radius 3 is 2.05 bits per heavy atom. The summed E-state index contributed by atoms with van der Waals surface area (Å²) < 4.78 is 12.8. The molecule has 1 saturated heterocycles. The molecule has 40 heavy (non-hydrogen) atoms. The Balaban J connectivity index is 1.79. The molecule has 1 fully saturated rings. The second kappa shape index (κ2) is 11.1. The minimum atomic E-state index is -1.54. The van der Waals surface area contributed by atoms with Crippen molar-refractivity contribution in [2.45, 2.75) is 57.7 Å². The van der Waals surface area contributed by atoms with E-state index in [0.717, 1.165) is 26.5 Å². The van der Waals surface area contributed by atoms with Crippen LogP contribution in [0.1, 0.15) is 54.1 Å².